The molecule has 0 fully saturated rings. The summed E-state index contributed by atoms with van der Waals surface area (Å²) in [5.41, 5.74) is 14.8. The molecule has 9 aromatic rings. The Bertz CT molecular complexity index is 4570. The average molecular weight is 1210 g/mol. The number of nitro groups is 2. The Kier molecular flexibility index (Phi) is 17.7. The van der Waals surface area contributed by atoms with Gasteiger partial charge in [0.25, 0.3) is 11.4 Å². The molecule has 1 radical (unpaired) electrons. The van der Waals surface area contributed by atoms with Gasteiger partial charge >= 0.3 is 17.1 Å². The maximum atomic E-state index is 14.3. The maximum Gasteiger partial charge on any atom is 3.00 e. The van der Waals surface area contributed by atoms with E-state index in [9.17, 15) is 29.8 Å². The maximum absolute atomic E-state index is 14.3. The first kappa shape index (κ1) is 59.4. The molecule has 0 N–H and O–H groups in total. The first-order valence-corrected chi connectivity index (χ1v) is 27.9. The van der Waals surface area contributed by atoms with Gasteiger partial charge in [-0.2, -0.15) is 9.98 Å². The van der Waals surface area contributed by atoms with Crippen LogP contribution >= 0.6 is 22.7 Å². The van der Waals surface area contributed by atoms with Crippen molar-refractivity contribution in [2.24, 2.45) is 9.98 Å². The van der Waals surface area contributed by atoms with Crippen LogP contribution in [0.4, 0.5) is 11.4 Å². The van der Waals surface area contributed by atoms with Gasteiger partial charge < -0.3 is 22.4 Å². The summed E-state index contributed by atoms with van der Waals surface area (Å²) < 4.78 is 3.32. The Morgan fingerprint density at radius 1 is 0.560 bits per heavy atom. The Balaban J connectivity index is 0.00000423. The van der Waals surface area contributed by atoms with Crippen molar-refractivity contribution in [2.75, 3.05) is 0 Å². The summed E-state index contributed by atoms with van der Waals surface area (Å²) in [6, 6.07) is 39.3. The molecule has 419 valence electrons. The largest absolute Gasteiger partial charge is 3.00 e. The van der Waals surface area contributed by atoms with Crippen LogP contribution in [0.3, 0.4) is 0 Å². The van der Waals surface area contributed by atoms with Crippen molar-refractivity contribution < 1.29 is 48.9 Å². The Morgan fingerprint density at radius 3 is 1.36 bits per heavy atom. The zero-order valence-electron chi connectivity index (χ0n) is 45.7. The predicted molar refractivity (Wildman–Crippen MR) is 323 cm³/mol. The standard InChI is InChI=1S/C64H50N10O6S2.ClH.Fe/c1-7-43-37(3)47-31-48-39(5)45(27-29-61(75)69-63-71(55-23-15-17-25-57(55)73(77)78)59(35-81-63)41-19-11-9-12-20-41)53(67-48)34-54-46(40(6)50(68-54)33-52-44(8-2)38(4)49(66-52)32-51(43)65-47)28-30-62(76)70-64-72(56-24-16-18-26-58(56)74(79)80)60(36-82-64)42-21-13-10-14-22-42;;/h7-26,31-36H,1-2,27-30H2,3-6H3;1H;/q-2;;+3/p-1. The number of hydrogen-bond acceptors (Lipinski definition) is 10. The van der Waals surface area contributed by atoms with Gasteiger partial charge in [0.15, 0.2) is 9.60 Å². The number of hydrogen-bond donors (Lipinski definition) is 0. The third kappa shape index (κ3) is 11.5. The number of nitrogens with zero attached hydrogens (tertiary/aromatic N) is 10. The van der Waals surface area contributed by atoms with Crippen LogP contribution in [0.15, 0.2) is 180 Å². The van der Waals surface area contributed by atoms with E-state index in [-0.39, 0.29) is 87.5 Å². The van der Waals surface area contributed by atoms with Crippen LogP contribution in [0.5, 0.6) is 0 Å². The molecule has 8 bridgehead atoms. The molecule has 16 nitrogen and oxygen atoms in total. The molecule has 5 aromatic heterocycles. The average Bonchev–Trinajstić information content (AvgIpc) is 3.34. The minimum Gasteiger partial charge on any atom is -1.00 e. The molecule has 4 aromatic carbocycles. The molecule has 0 unspecified atom stereocenters. The molecule has 84 heavy (non-hydrogen) atoms. The molecule has 0 saturated heterocycles. The Labute approximate surface area is 506 Å². The van der Waals surface area contributed by atoms with Crippen LogP contribution in [0, 0.1) is 34.1 Å². The van der Waals surface area contributed by atoms with Gasteiger partial charge in [-0.25, -0.2) is 9.97 Å². The van der Waals surface area contributed by atoms with E-state index in [1.165, 1.54) is 34.8 Å². The number of para-hydroxylation sites is 4. The molecule has 11 rings (SSSR count). The van der Waals surface area contributed by atoms with E-state index in [0.29, 0.717) is 56.2 Å². The van der Waals surface area contributed by atoms with Crippen molar-refractivity contribution in [3.8, 4) is 33.9 Å². The number of amides is 2. The smallest absolute Gasteiger partial charge is 1.00 e. The van der Waals surface area contributed by atoms with Gasteiger partial charge in [-0.15, -0.1) is 44.7 Å². The monoisotopic (exact) mass is 1210 g/mol. The van der Waals surface area contributed by atoms with E-state index in [1.54, 1.807) is 57.7 Å². The van der Waals surface area contributed by atoms with Crippen molar-refractivity contribution in [2.45, 2.75) is 53.4 Å². The summed E-state index contributed by atoms with van der Waals surface area (Å²) in [5.74, 6) is -0.899. The second kappa shape index (κ2) is 25.1. The van der Waals surface area contributed by atoms with Gasteiger partial charge in [0, 0.05) is 46.9 Å². The molecule has 2 aliphatic heterocycles. The van der Waals surface area contributed by atoms with Crippen LogP contribution in [0.25, 0.3) is 78.2 Å². The SMILES string of the molecule is C=CC1=C(C)c2cc3[n-]c(cc4[n-]c(cc5nc(cc1n2)C(C)=C5C=C)c(C)c4CCC(=O)N=c1scc(-c2ccccc2)n1-c1ccccc1[N+](=O)[O-])c(CCC(=O)N=c1scc(-c2ccccc2)n1-c1ccccc1[N+](=O)[O-])c3C.[Cl-].[Fe+3]. The second-order valence-electron chi connectivity index (χ2n) is 19.5. The third-order valence-corrected chi connectivity index (χ3v) is 16.4. The number of benzene rings is 4. The molecule has 7 heterocycles. The summed E-state index contributed by atoms with van der Waals surface area (Å²) in [7, 11) is 0. The molecule has 0 atom stereocenters. The number of nitro benzene ring substituents is 2. The predicted octanol–water partition coefficient (Wildman–Crippen LogP) is 10.4. The van der Waals surface area contributed by atoms with E-state index < -0.39 is 21.7 Å². The number of halogens is 1. The zero-order valence-corrected chi connectivity index (χ0v) is 49.2. The van der Waals surface area contributed by atoms with Crippen LogP contribution < -0.4 is 32.0 Å². The molecular formula is C64H50ClFeN10O6S2. The minimum atomic E-state index is -0.450. The van der Waals surface area contributed by atoms with Crippen LogP contribution in [-0.2, 0) is 39.5 Å². The van der Waals surface area contributed by atoms with Gasteiger partial charge in [0.05, 0.1) is 44.0 Å². The van der Waals surface area contributed by atoms with E-state index >= 15 is 0 Å². The van der Waals surface area contributed by atoms with Crippen LogP contribution in [-0.4, -0.2) is 40.8 Å². The fourth-order valence-electron chi connectivity index (χ4n) is 10.4. The van der Waals surface area contributed by atoms with Crippen LogP contribution in [0.2, 0.25) is 0 Å². The molecule has 0 aliphatic carbocycles. The quantitative estimate of drug-likeness (QED) is 0.0571. The van der Waals surface area contributed by atoms with Gasteiger partial charge in [0.2, 0.25) is 11.8 Å². The van der Waals surface area contributed by atoms with Gasteiger partial charge in [-0.1, -0.05) is 151 Å². The van der Waals surface area contributed by atoms with E-state index in [1.807, 2.05) is 123 Å². The zero-order chi connectivity index (χ0) is 57.3. The number of allylic oxidation sites excluding steroid dienone is 6. The van der Waals surface area contributed by atoms with Gasteiger partial charge in [-0.05, 0) is 81.0 Å². The van der Waals surface area contributed by atoms with E-state index in [4.69, 9.17) is 19.9 Å². The molecule has 0 spiro atoms. The van der Waals surface area contributed by atoms with E-state index in [0.717, 1.165) is 55.7 Å². The normalized spacial score (nSPS) is 12.5. The van der Waals surface area contributed by atoms with Crippen molar-refractivity contribution in [3.63, 3.8) is 0 Å². The molecule has 0 saturated carbocycles. The van der Waals surface area contributed by atoms with Crippen molar-refractivity contribution >= 4 is 90.2 Å². The minimum absolute atomic E-state index is 0. The first-order chi connectivity index (χ1) is 39.7. The molecule has 20 heteroatoms. The molecular weight excluding hydrogens is 1160 g/mol. The van der Waals surface area contributed by atoms with Gasteiger partial charge in [-0.3, -0.25) is 39.0 Å². The van der Waals surface area contributed by atoms with Gasteiger partial charge in [0.1, 0.15) is 11.4 Å². The van der Waals surface area contributed by atoms with Crippen molar-refractivity contribution in [1.82, 2.24) is 29.1 Å². The van der Waals surface area contributed by atoms with Crippen LogP contribution in [0.1, 0.15) is 71.7 Å². The summed E-state index contributed by atoms with van der Waals surface area (Å²) in [4.78, 5) is 82.9. The number of rotatable bonds is 14. The number of carbonyl (C=O) groups excluding carboxylic acids is 2. The number of carbonyl (C=O) groups is 2. The first-order valence-electron chi connectivity index (χ1n) is 26.2. The van der Waals surface area contributed by atoms with E-state index in [2.05, 4.69) is 23.1 Å². The molecule has 2 aliphatic rings. The second-order valence-corrected chi connectivity index (χ2v) is 21.2. The Morgan fingerprint density at radius 2 is 0.940 bits per heavy atom. The summed E-state index contributed by atoms with van der Waals surface area (Å²) in [6.45, 7) is 16.2. The fourth-order valence-corrected chi connectivity index (χ4v) is 12.2. The number of fused-ring (bicyclic) bond motifs is 8. The number of aryl methyl sites for hydroxylation is 4. The summed E-state index contributed by atoms with van der Waals surface area (Å²) in [6.07, 6.45) is 3.90. The summed E-state index contributed by atoms with van der Waals surface area (Å²) >= 11 is 2.43. The van der Waals surface area contributed by atoms with Crippen molar-refractivity contribution in [3.05, 3.63) is 244 Å². The third-order valence-electron chi connectivity index (χ3n) is 14.7. The topological polar surface area (TPSA) is 209 Å². The summed E-state index contributed by atoms with van der Waals surface area (Å²) in [5, 5.41) is 28.4. The fraction of sp³-hybridized carbons (Fsp3) is 0.125. The van der Waals surface area contributed by atoms with Crippen molar-refractivity contribution in [1.29, 1.82) is 0 Å². The number of aromatic nitrogens is 6. The molecule has 2 amide bonds. The number of thiazole rings is 2. The Hall–Kier alpha value is -9.23.